The summed E-state index contributed by atoms with van der Waals surface area (Å²) in [6, 6.07) is -0.612. The molecular weight excluding hydrogens is 290 g/mol. The van der Waals surface area contributed by atoms with Crippen LogP contribution in [0.2, 0.25) is 0 Å². The maximum atomic E-state index is 11.7. The van der Waals surface area contributed by atoms with Crippen molar-refractivity contribution >= 4 is 5.97 Å². The molecule has 0 radical (unpaired) electrons. The Bertz CT molecular complexity index is 393. The highest BCUT2D eigenvalue weighted by atomic mass is 16.5. The number of hydrogen-bond donors (Lipinski definition) is 2. The number of imidazole rings is 1. The van der Waals surface area contributed by atoms with Crippen LogP contribution in [0.3, 0.4) is 0 Å². The molecule has 0 saturated carbocycles. The van der Waals surface area contributed by atoms with Crippen molar-refractivity contribution in [1.82, 2.24) is 9.97 Å². The average Bonchev–Trinajstić information content (AvgIpc) is 3.05. The summed E-state index contributed by atoms with van der Waals surface area (Å²) in [6.07, 6.45) is 16.4. The number of ether oxygens (including phenoxy) is 1. The van der Waals surface area contributed by atoms with Gasteiger partial charge in [0.15, 0.2) is 0 Å². The Morgan fingerprint density at radius 2 is 1.74 bits per heavy atom. The second-order valence-electron chi connectivity index (χ2n) is 6.24. The van der Waals surface area contributed by atoms with Crippen LogP contribution in [0, 0.1) is 0 Å². The number of nitrogens with two attached hydrogens (primary N) is 1. The van der Waals surface area contributed by atoms with Crippen molar-refractivity contribution in [2.24, 2.45) is 5.73 Å². The number of nitrogens with zero attached hydrogens (tertiary/aromatic N) is 1. The van der Waals surface area contributed by atoms with Gasteiger partial charge in [-0.25, -0.2) is 4.98 Å². The van der Waals surface area contributed by atoms with Crippen LogP contribution in [0.4, 0.5) is 0 Å². The summed E-state index contributed by atoms with van der Waals surface area (Å²) in [6.45, 7) is 2.73. The molecule has 0 saturated heterocycles. The van der Waals surface area contributed by atoms with Crippen molar-refractivity contribution in [2.45, 2.75) is 83.6 Å². The second kappa shape index (κ2) is 13.1. The SMILES string of the molecule is CCCCCCCCCCCCOC(=O)[C@@H](N)Cc1cnc[nH]1. The number of esters is 1. The van der Waals surface area contributed by atoms with Crippen LogP contribution in [0.1, 0.15) is 76.8 Å². The molecule has 0 aliphatic rings. The summed E-state index contributed by atoms with van der Waals surface area (Å²) in [5, 5.41) is 0. The summed E-state index contributed by atoms with van der Waals surface area (Å²) in [7, 11) is 0. The van der Waals surface area contributed by atoms with Crippen LogP contribution in [0.5, 0.6) is 0 Å². The Morgan fingerprint density at radius 3 is 2.30 bits per heavy atom. The molecule has 0 aliphatic heterocycles. The van der Waals surface area contributed by atoms with Gasteiger partial charge in [-0.1, -0.05) is 64.7 Å². The highest BCUT2D eigenvalue weighted by Crippen LogP contribution is 2.10. The maximum Gasteiger partial charge on any atom is 0.323 e. The lowest BCUT2D eigenvalue weighted by atomic mass is 10.1. The van der Waals surface area contributed by atoms with Gasteiger partial charge in [0.2, 0.25) is 0 Å². The molecule has 0 amide bonds. The maximum absolute atomic E-state index is 11.7. The van der Waals surface area contributed by atoms with Crippen LogP contribution >= 0.6 is 0 Å². The van der Waals surface area contributed by atoms with E-state index in [1.165, 1.54) is 51.4 Å². The van der Waals surface area contributed by atoms with Crippen molar-refractivity contribution < 1.29 is 9.53 Å². The third-order valence-corrected chi connectivity index (χ3v) is 4.04. The van der Waals surface area contributed by atoms with E-state index < -0.39 is 6.04 Å². The number of aromatic nitrogens is 2. The van der Waals surface area contributed by atoms with Gasteiger partial charge in [0, 0.05) is 18.3 Å². The van der Waals surface area contributed by atoms with Gasteiger partial charge in [-0.2, -0.15) is 0 Å². The van der Waals surface area contributed by atoms with Gasteiger partial charge in [0.25, 0.3) is 0 Å². The van der Waals surface area contributed by atoms with Gasteiger partial charge in [0.1, 0.15) is 6.04 Å². The number of H-pyrrole nitrogens is 1. The molecule has 1 aromatic heterocycles. The lowest BCUT2D eigenvalue weighted by Crippen LogP contribution is -2.34. The molecule has 5 heteroatoms. The second-order valence-corrected chi connectivity index (χ2v) is 6.24. The molecule has 0 unspecified atom stereocenters. The van der Waals surface area contributed by atoms with Gasteiger partial charge in [0.05, 0.1) is 12.9 Å². The van der Waals surface area contributed by atoms with Crippen molar-refractivity contribution in [3.05, 3.63) is 18.2 Å². The van der Waals surface area contributed by atoms with Gasteiger partial charge >= 0.3 is 5.97 Å². The first kappa shape index (κ1) is 19.7. The topological polar surface area (TPSA) is 81.0 Å². The zero-order valence-corrected chi connectivity index (χ0v) is 14.6. The van der Waals surface area contributed by atoms with E-state index in [0.29, 0.717) is 13.0 Å². The monoisotopic (exact) mass is 323 g/mol. The minimum absolute atomic E-state index is 0.324. The minimum Gasteiger partial charge on any atom is -0.465 e. The molecule has 0 spiro atoms. The van der Waals surface area contributed by atoms with Gasteiger partial charge in [-0.05, 0) is 6.42 Å². The first-order chi connectivity index (χ1) is 11.2. The van der Waals surface area contributed by atoms with Gasteiger partial charge in [-0.3, -0.25) is 4.79 Å². The van der Waals surface area contributed by atoms with E-state index in [0.717, 1.165) is 18.5 Å². The molecule has 5 nitrogen and oxygen atoms in total. The molecule has 132 valence electrons. The van der Waals surface area contributed by atoms with E-state index in [-0.39, 0.29) is 5.97 Å². The van der Waals surface area contributed by atoms with Crippen LogP contribution in [0.25, 0.3) is 0 Å². The van der Waals surface area contributed by atoms with E-state index in [1.54, 1.807) is 12.5 Å². The van der Waals surface area contributed by atoms with E-state index in [1.807, 2.05) is 0 Å². The summed E-state index contributed by atoms with van der Waals surface area (Å²) < 4.78 is 5.23. The molecule has 23 heavy (non-hydrogen) atoms. The standard InChI is InChI=1S/C18H33N3O2/c1-2-3-4-5-6-7-8-9-10-11-12-23-18(22)17(19)13-16-14-20-15-21-16/h14-15,17H,2-13,19H2,1H3,(H,20,21)/t17-/m0/s1. The summed E-state index contributed by atoms with van der Waals surface area (Å²) >= 11 is 0. The molecule has 0 bridgehead atoms. The van der Waals surface area contributed by atoms with Crippen molar-refractivity contribution in [3.63, 3.8) is 0 Å². The average molecular weight is 323 g/mol. The zero-order valence-electron chi connectivity index (χ0n) is 14.6. The Kier molecular flexibility index (Phi) is 11.2. The Labute approximate surface area is 140 Å². The lowest BCUT2D eigenvalue weighted by molar-refractivity contribution is -0.145. The quantitative estimate of drug-likeness (QED) is 0.403. The molecule has 1 atom stereocenters. The lowest BCUT2D eigenvalue weighted by Gasteiger charge is -2.10. The molecule has 3 N–H and O–H groups in total. The van der Waals surface area contributed by atoms with Gasteiger partial charge in [-0.15, -0.1) is 0 Å². The number of unbranched alkanes of at least 4 members (excludes halogenated alkanes) is 9. The predicted octanol–water partition coefficient (Wildman–Crippen LogP) is 3.74. The zero-order chi connectivity index (χ0) is 16.8. The number of carbonyl (C=O) groups is 1. The van der Waals surface area contributed by atoms with Crippen molar-refractivity contribution in [1.29, 1.82) is 0 Å². The minimum atomic E-state index is -0.612. The molecule has 0 aromatic carbocycles. The Hall–Kier alpha value is -1.36. The molecule has 1 heterocycles. The van der Waals surface area contributed by atoms with E-state index in [2.05, 4.69) is 16.9 Å². The van der Waals surface area contributed by atoms with Crippen LogP contribution in [-0.2, 0) is 16.0 Å². The van der Waals surface area contributed by atoms with E-state index in [4.69, 9.17) is 10.5 Å². The fourth-order valence-electron chi connectivity index (χ4n) is 2.59. The molecular formula is C18H33N3O2. The first-order valence-corrected chi connectivity index (χ1v) is 9.13. The number of carbonyl (C=O) groups excluding carboxylic acids is 1. The fourth-order valence-corrected chi connectivity index (χ4v) is 2.59. The highest BCUT2D eigenvalue weighted by molar-refractivity contribution is 5.75. The first-order valence-electron chi connectivity index (χ1n) is 9.13. The smallest absolute Gasteiger partial charge is 0.323 e. The number of nitrogens with one attached hydrogen (secondary N) is 1. The summed E-state index contributed by atoms with van der Waals surface area (Å²) in [4.78, 5) is 18.6. The highest BCUT2D eigenvalue weighted by Gasteiger charge is 2.15. The third kappa shape index (κ3) is 10.1. The summed E-state index contributed by atoms with van der Waals surface area (Å²) in [5.41, 5.74) is 6.67. The third-order valence-electron chi connectivity index (χ3n) is 4.04. The number of aromatic amines is 1. The molecule has 1 rings (SSSR count). The molecule has 0 fully saturated rings. The van der Waals surface area contributed by atoms with E-state index in [9.17, 15) is 4.79 Å². The van der Waals surface area contributed by atoms with Crippen LogP contribution in [0.15, 0.2) is 12.5 Å². The Morgan fingerprint density at radius 1 is 1.13 bits per heavy atom. The fraction of sp³-hybridized carbons (Fsp3) is 0.778. The largest absolute Gasteiger partial charge is 0.465 e. The predicted molar refractivity (Wildman–Crippen MR) is 93.1 cm³/mol. The number of hydrogen-bond acceptors (Lipinski definition) is 4. The molecule has 0 aliphatic carbocycles. The van der Waals surface area contributed by atoms with E-state index >= 15 is 0 Å². The van der Waals surface area contributed by atoms with Gasteiger partial charge < -0.3 is 15.5 Å². The van der Waals surface area contributed by atoms with Crippen LogP contribution in [-0.4, -0.2) is 28.6 Å². The number of rotatable bonds is 14. The molecule has 1 aromatic rings. The van der Waals surface area contributed by atoms with Crippen molar-refractivity contribution in [3.8, 4) is 0 Å². The summed E-state index contributed by atoms with van der Waals surface area (Å²) in [5.74, 6) is -0.324. The van der Waals surface area contributed by atoms with Crippen molar-refractivity contribution in [2.75, 3.05) is 6.61 Å². The Balaban J connectivity index is 1.89. The van der Waals surface area contributed by atoms with Crippen LogP contribution < -0.4 is 5.73 Å². The normalized spacial score (nSPS) is 12.3.